The number of thiazole rings is 1. The van der Waals surface area contributed by atoms with Crippen molar-refractivity contribution in [3.8, 4) is 11.1 Å². The summed E-state index contributed by atoms with van der Waals surface area (Å²) in [5.41, 5.74) is 3.16. The van der Waals surface area contributed by atoms with Crippen molar-refractivity contribution in [2.45, 2.75) is 32.4 Å². The largest absolute Gasteiger partial charge is 0.427 e. The lowest BCUT2D eigenvalue weighted by atomic mass is 9.91. The molecule has 28 heavy (non-hydrogen) atoms. The summed E-state index contributed by atoms with van der Waals surface area (Å²) < 4.78 is 38.3. The SMILES string of the molecule is CCCCc1cccc(C(=O)Nc2ncc(C(F)(F)F)s2)c1-c1ccccc1. The highest BCUT2D eigenvalue weighted by atomic mass is 32.1. The molecule has 1 heterocycles. The van der Waals surface area contributed by atoms with E-state index in [0.717, 1.165) is 42.1 Å². The second kappa shape index (κ2) is 8.56. The Labute approximate surface area is 165 Å². The maximum absolute atomic E-state index is 12.9. The molecule has 2 aromatic carbocycles. The normalized spacial score (nSPS) is 11.4. The summed E-state index contributed by atoms with van der Waals surface area (Å²) in [6.45, 7) is 2.10. The predicted octanol–water partition coefficient (Wildman–Crippen LogP) is 6.42. The van der Waals surface area contributed by atoms with Gasteiger partial charge in [-0.3, -0.25) is 10.1 Å². The van der Waals surface area contributed by atoms with Crippen LogP contribution in [0.25, 0.3) is 11.1 Å². The van der Waals surface area contributed by atoms with E-state index >= 15 is 0 Å². The van der Waals surface area contributed by atoms with Gasteiger partial charge in [-0.15, -0.1) is 0 Å². The van der Waals surface area contributed by atoms with E-state index in [-0.39, 0.29) is 5.13 Å². The first-order valence-electron chi connectivity index (χ1n) is 8.92. The fourth-order valence-corrected chi connectivity index (χ4v) is 3.62. The van der Waals surface area contributed by atoms with Crippen molar-refractivity contribution in [3.05, 3.63) is 70.7 Å². The molecule has 3 nitrogen and oxygen atoms in total. The first kappa shape index (κ1) is 20.1. The molecule has 0 aliphatic carbocycles. The van der Waals surface area contributed by atoms with Gasteiger partial charge in [0.1, 0.15) is 4.88 Å². The van der Waals surface area contributed by atoms with Crippen molar-refractivity contribution in [1.29, 1.82) is 0 Å². The van der Waals surface area contributed by atoms with Gasteiger partial charge in [0.25, 0.3) is 5.91 Å². The van der Waals surface area contributed by atoms with Crippen LogP contribution in [-0.2, 0) is 12.6 Å². The van der Waals surface area contributed by atoms with E-state index < -0.39 is 17.0 Å². The van der Waals surface area contributed by atoms with Gasteiger partial charge in [-0.25, -0.2) is 4.98 Å². The molecule has 0 saturated carbocycles. The zero-order valence-corrected chi connectivity index (χ0v) is 16.0. The Hall–Kier alpha value is -2.67. The topological polar surface area (TPSA) is 42.0 Å². The van der Waals surface area contributed by atoms with Gasteiger partial charge in [0.05, 0.1) is 6.20 Å². The summed E-state index contributed by atoms with van der Waals surface area (Å²) in [6.07, 6.45) is -0.931. The molecule has 0 aliphatic heterocycles. The van der Waals surface area contributed by atoms with Crippen LogP contribution < -0.4 is 5.32 Å². The van der Waals surface area contributed by atoms with Crippen LogP contribution in [0.4, 0.5) is 18.3 Å². The maximum atomic E-state index is 12.9. The number of alkyl halides is 3. The molecule has 0 radical (unpaired) electrons. The first-order valence-corrected chi connectivity index (χ1v) is 9.73. The second-order valence-electron chi connectivity index (χ2n) is 6.29. The number of halogens is 3. The van der Waals surface area contributed by atoms with Crippen molar-refractivity contribution in [1.82, 2.24) is 4.98 Å². The molecule has 146 valence electrons. The summed E-state index contributed by atoms with van der Waals surface area (Å²) in [4.78, 5) is 15.7. The van der Waals surface area contributed by atoms with Gasteiger partial charge < -0.3 is 0 Å². The Kier molecular flexibility index (Phi) is 6.14. The third kappa shape index (κ3) is 4.59. The molecule has 1 aromatic heterocycles. The van der Waals surface area contributed by atoms with Gasteiger partial charge in [-0.05, 0) is 35.6 Å². The molecule has 0 unspecified atom stereocenters. The van der Waals surface area contributed by atoms with E-state index in [4.69, 9.17) is 0 Å². The van der Waals surface area contributed by atoms with Gasteiger partial charge in [0.15, 0.2) is 5.13 Å². The zero-order chi connectivity index (χ0) is 20.1. The van der Waals surface area contributed by atoms with Crippen LogP contribution in [0, 0.1) is 0 Å². The number of carbonyl (C=O) groups is 1. The Morgan fingerprint density at radius 2 is 1.86 bits per heavy atom. The monoisotopic (exact) mass is 404 g/mol. The molecule has 0 saturated heterocycles. The van der Waals surface area contributed by atoms with Crippen molar-refractivity contribution >= 4 is 22.4 Å². The Bertz CT molecular complexity index is 952. The van der Waals surface area contributed by atoms with Crippen LogP contribution in [0.1, 0.15) is 40.6 Å². The number of benzene rings is 2. The number of carbonyl (C=O) groups excluding carboxylic acids is 1. The highest BCUT2D eigenvalue weighted by Crippen LogP contribution is 2.35. The van der Waals surface area contributed by atoms with Crippen molar-refractivity contribution in [2.75, 3.05) is 5.32 Å². The summed E-state index contributed by atoms with van der Waals surface area (Å²) in [6, 6.07) is 15.0. The zero-order valence-electron chi connectivity index (χ0n) is 15.2. The van der Waals surface area contributed by atoms with E-state index in [2.05, 4.69) is 17.2 Å². The summed E-state index contributed by atoms with van der Waals surface area (Å²) in [5.74, 6) is -0.472. The molecule has 0 fully saturated rings. The van der Waals surface area contributed by atoms with Crippen LogP contribution in [0.15, 0.2) is 54.7 Å². The third-order valence-electron chi connectivity index (χ3n) is 4.26. The number of anilines is 1. The number of hydrogen-bond donors (Lipinski definition) is 1. The lowest BCUT2D eigenvalue weighted by Gasteiger charge is -2.15. The van der Waals surface area contributed by atoms with Gasteiger partial charge in [-0.2, -0.15) is 13.2 Å². The lowest BCUT2D eigenvalue weighted by Crippen LogP contribution is -2.14. The molecular weight excluding hydrogens is 385 g/mol. The van der Waals surface area contributed by atoms with Gasteiger partial charge in [0, 0.05) is 5.56 Å². The molecule has 0 atom stereocenters. The van der Waals surface area contributed by atoms with E-state index in [1.165, 1.54) is 0 Å². The highest BCUT2D eigenvalue weighted by molar-refractivity contribution is 7.15. The molecule has 7 heteroatoms. The van der Waals surface area contributed by atoms with Crippen LogP contribution in [0.2, 0.25) is 0 Å². The molecule has 0 aliphatic rings. The summed E-state index contributed by atoms with van der Waals surface area (Å²) in [7, 11) is 0. The minimum atomic E-state index is -4.48. The van der Waals surface area contributed by atoms with E-state index in [1.54, 1.807) is 12.1 Å². The Morgan fingerprint density at radius 3 is 2.50 bits per heavy atom. The van der Waals surface area contributed by atoms with E-state index in [9.17, 15) is 18.0 Å². The molecule has 0 spiro atoms. The average Bonchev–Trinajstić information content (AvgIpc) is 3.15. The standard InChI is InChI=1S/C21H19F3N2OS/c1-2-3-8-14-11-7-12-16(18(14)15-9-5-4-6-10-15)19(27)26-20-25-13-17(28-20)21(22,23)24/h4-7,9-13H,2-3,8H2,1H3,(H,25,26,27). The van der Waals surface area contributed by atoms with Crippen LogP contribution in [-0.4, -0.2) is 10.9 Å². The number of nitrogens with one attached hydrogen (secondary N) is 1. The minimum Gasteiger partial charge on any atom is -0.298 e. The molecule has 1 N–H and O–H groups in total. The molecule has 3 rings (SSSR count). The Morgan fingerprint density at radius 1 is 1.11 bits per heavy atom. The van der Waals surface area contributed by atoms with Crippen LogP contribution >= 0.6 is 11.3 Å². The van der Waals surface area contributed by atoms with Gasteiger partial charge in [-0.1, -0.05) is 67.1 Å². The first-order chi connectivity index (χ1) is 13.4. The minimum absolute atomic E-state index is 0.0738. The number of hydrogen-bond acceptors (Lipinski definition) is 3. The second-order valence-corrected chi connectivity index (χ2v) is 7.32. The van der Waals surface area contributed by atoms with Crippen molar-refractivity contribution in [2.24, 2.45) is 0 Å². The van der Waals surface area contributed by atoms with E-state index in [0.29, 0.717) is 16.9 Å². The average molecular weight is 404 g/mol. The van der Waals surface area contributed by atoms with Crippen molar-refractivity contribution in [3.63, 3.8) is 0 Å². The number of amides is 1. The molecular formula is C21H19F3N2OS. The molecule has 3 aromatic rings. The fraction of sp³-hybridized carbons (Fsp3) is 0.238. The number of nitrogens with zero attached hydrogens (tertiary/aromatic N) is 1. The number of rotatable bonds is 6. The number of aromatic nitrogens is 1. The molecule has 0 bridgehead atoms. The maximum Gasteiger partial charge on any atom is 0.427 e. The Balaban J connectivity index is 1.96. The van der Waals surface area contributed by atoms with E-state index in [1.807, 2.05) is 36.4 Å². The third-order valence-corrected chi connectivity index (χ3v) is 5.22. The summed E-state index contributed by atoms with van der Waals surface area (Å²) >= 11 is 0.415. The quantitative estimate of drug-likeness (QED) is 0.515. The predicted molar refractivity (Wildman–Crippen MR) is 106 cm³/mol. The van der Waals surface area contributed by atoms with Gasteiger partial charge in [0.2, 0.25) is 0 Å². The van der Waals surface area contributed by atoms with Gasteiger partial charge >= 0.3 is 6.18 Å². The molecule has 1 amide bonds. The fourth-order valence-electron chi connectivity index (χ4n) is 2.94. The number of aryl methyl sites for hydroxylation is 1. The number of unbranched alkanes of at least 4 members (excludes halogenated alkanes) is 1. The highest BCUT2D eigenvalue weighted by Gasteiger charge is 2.33. The smallest absolute Gasteiger partial charge is 0.298 e. The van der Waals surface area contributed by atoms with Crippen LogP contribution in [0.3, 0.4) is 0 Å². The van der Waals surface area contributed by atoms with Crippen molar-refractivity contribution < 1.29 is 18.0 Å². The van der Waals surface area contributed by atoms with Crippen LogP contribution in [0.5, 0.6) is 0 Å². The lowest BCUT2D eigenvalue weighted by molar-refractivity contribution is -0.134. The summed E-state index contributed by atoms with van der Waals surface area (Å²) in [5, 5.41) is 2.44.